The zero-order valence-corrected chi connectivity index (χ0v) is 14.3. The second-order valence-electron chi connectivity index (χ2n) is 5.70. The summed E-state index contributed by atoms with van der Waals surface area (Å²) in [6.07, 6.45) is 0. The van der Waals surface area contributed by atoms with Gasteiger partial charge in [-0.05, 0) is 50.8 Å². The fraction of sp³-hybridized carbons (Fsp3) is 0.294. The Bertz CT molecular complexity index is 741. The average molecular weight is 336 g/mol. The number of hydrogen-bond donors (Lipinski definition) is 1. The molecule has 23 heavy (non-hydrogen) atoms. The Hall–Kier alpha value is -1.76. The Morgan fingerprint density at radius 3 is 2.13 bits per heavy atom. The highest BCUT2D eigenvalue weighted by Crippen LogP contribution is 2.19. The summed E-state index contributed by atoms with van der Waals surface area (Å²) < 4.78 is 40.4. The minimum atomic E-state index is -3.57. The third-order valence-corrected chi connectivity index (χ3v) is 5.12. The molecule has 0 aliphatic carbocycles. The van der Waals surface area contributed by atoms with Crippen LogP contribution in [0.2, 0.25) is 0 Å². The second kappa shape index (κ2) is 7.21. The molecule has 6 heteroatoms. The maximum atomic E-state index is 13.1. The van der Waals surface area contributed by atoms with E-state index in [9.17, 15) is 12.8 Å². The van der Waals surface area contributed by atoms with Crippen LogP contribution in [0.15, 0.2) is 53.4 Å². The summed E-state index contributed by atoms with van der Waals surface area (Å²) in [7, 11) is 0.138. The second-order valence-corrected chi connectivity index (χ2v) is 7.46. The van der Waals surface area contributed by atoms with Gasteiger partial charge in [-0.2, -0.15) is 0 Å². The van der Waals surface area contributed by atoms with Crippen molar-refractivity contribution in [2.45, 2.75) is 17.9 Å². The van der Waals surface area contributed by atoms with E-state index in [1.807, 2.05) is 25.9 Å². The molecular formula is C17H21FN2O2S. The molecule has 0 radical (unpaired) electrons. The fourth-order valence-electron chi connectivity index (χ4n) is 2.27. The lowest BCUT2D eigenvalue weighted by Crippen LogP contribution is -2.34. The Labute approximate surface area is 137 Å². The Morgan fingerprint density at radius 2 is 1.61 bits per heavy atom. The van der Waals surface area contributed by atoms with Gasteiger partial charge in [0.25, 0.3) is 0 Å². The van der Waals surface area contributed by atoms with Crippen LogP contribution in [0.3, 0.4) is 0 Å². The lowest BCUT2D eigenvalue weighted by atomic mass is 10.1. The smallest absolute Gasteiger partial charge is 0.240 e. The molecule has 0 heterocycles. The van der Waals surface area contributed by atoms with Gasteiger partial charge in [-0.25, -0.2) is 17.5 Å². The summed E-state index contributed by atoms with van der Waals surface area (Å²) in [4.78, 5) is 2.13. The highest BCUT2D eigenvalue weighted by molar-refractivity contribution is 7.89. The zero-order chi connectivity index (χ0) is 17.0. The predicted octanol–water partition coefficient (Wildman–Crippen LogP) is 2.72. The number of aryl methyl sites for hydroxylation is 1. The van der Waals surface area contributed by atoms with Crippen LogP contribution in [0.5, 0.6) is 0 Å². The van der Waals surface area contributed by atoms with Gasteiger partial charge in [-0.15, -0.1) is 0 Å². The minimum absolute atomic E-state index is 0.184. The van der Waals surface area contributed by atoms with Gasteiger partial charge < -0.3 is 4.90 Å². The molecule has 0 spiro atoms. The predicted molar refractivity (Wildman–Crippen MR) is 89.2 cm³/mol. The van der Waals surface area contributed by atoms with Crippen LogP contribution in [0.4, 0.5) is 4.39 Å². The third kappa shape index (κ3) is 4.60. The molecule has 1 atom stereocenters. The van der Waals surface area contributed by atoms with Gasteiger partial charge in [-0.1, -0.05) is 29.8 Å². The molecule has 0 bridgehead atoms. The van der Waals surface area contributed by atoms with E-state index < -0.39 is 10.0 Å². The molecule has 2 aromatic carbocycles. The van der Waals surface area contributed by atoms with Crippen LogP contribution in [-0.4, -0.2) is 34.0 Å². The average Bonchev–Trinajstić information content (AvgIpc) is 2.49. The van der Waals surface area contributed by atoms with Crippen LogP contribution in [0.25, 0.3) is 0 Å². The molecular weight excluding hydrogens is 315 g/mol. The number of nitrogens with one attached hydrogen (secondary N) is 1. The largest absolute Gasteiger partial charge is 0.301 e. The first-order valence-electron chi connectivity index (χ1n) is 7.28. The topological polar surface area (TPSA) is 49.4 Å². The molecule has 2 rings (SSSR count). The van der Waals surface area contributed by atoms with E-state index in [-0.39, 0.29) is 23.3 Å². The van der Waals surface area contributed by atoms with Crippen molar-refractivity contribution in [3.8, 4) is 0 Å². The molecule has 0 aliphatic heterocycles. The highest BCUT2D eigenvalue weighted by Gasteiger charge is 2.19. The van der Waals surface area contributed by atoms with E-state index in [4.69, 9.17) is 0 Å². The number of rotatable bonds is 6. The van der Waals surface area contributed by atoms with Crippen LogP contribution < -0.4 is 4.72 Å². The SMILES string of the molecule is Cc1ccc(S(=O)(=O)NC[C@H](c2ccc(F)cc2)N(C)C)cc1. The molecule has 0 unspecified atom stereocenters. The number of halogens is 1. The molecule has 0 fully saturated rings. The van der Waals surface area contributed by atoms with Gasteiger partial charge in [0.15, 0.2) is 0 Å². The molecule has 4 nitrogen and oxygen atoms in total. The lowest BCUT2D eigenvalue weighted by molar-refractivity contribution is 0.299. The van der Waals surface area contributed by atoms with Gasteiger partial charge in [0.05, 0.1) is 4.90 Å². The number of hydrogen-bond acceptors (Lipinski definition) is 3. The fourth-order valence-corrected chi connectivity index (χ4v) is 3.31. The quantitative estimate of drug-likeness (QED) is 0.882. The van der Waals surface area contributed by atoms with Crippen molar-refractivity contribution in [1.82, 2.24) is 9.62 Å². The standard InChI is InChI=1S/C17H21FN2O2S/c1-13-4-10-16(11-5-13)23(21,22)19-12-17(20(2)3)14-6-8-15(18)9-7-14/h4-11,17,19H,12H2,1-3H3/t17-/m1/s1. The molecule has 0 aliphatic rings. The van der Waals surface area contributed by atoms with Gasteiger partial charge in [0.2, 0.25) is 10.0 Å². The summed E-state index contributed by atoms with van der Waals surface area (Å²) in [5.41, 5.74) is 1.85. The Morgan fingerprint density at radius 1 is 1.04 bits per heavy atom. The van der Waals surface area contributed by atoms with E-state index in [0.29, 0.717) is 0 Å². The Balaban J connectivity index is 2.15. The maximum absolute atomic E-state index is 13.1. The summed E-state index contributed by atoms with van der Waals surface area (Å²) in [5.74, 6) is -0.313. The van der Waals surface area contributed by atoms with Crippen LogP contribution >= 0.6 is 0 Å². The highest BCUT2D eigenvalue weighted by atomic mass is 32.2. The number of likely N-dealkylation sites (N-methyl/N-ethyl adjacent to an activating group) is 1. The van der Waals surface area contributed by atoms with Crippen LogP contribution in [-0.2, 0) is 10.0 Å². The van der Waals surface area contributed by atoms with Crippen molar-refractivity contribution < 1.29 is 12.8 Å². The zero-order valence-electron chi connectivity index (χ0n) is 13.5. The minimum Gasteiger partial charge on any atom is -0.301 e. The molecule has 124 valence electrons. The van der Waals surface area contributed by atoms with Gasteiger partial charge >= 0.3 is 0 Å². The monoisotopic (exact) mass is 336 g/mol. The van der Waals surface area contributed by atoms with Crippen molar-refractivity contribution in [3.63, 3.8) is 0 Å². The van der Waals surface area contributed by atoms with E-state index in [2.05, 4.69) is 4.72 Å². The molecule has 0 aromatic heterocycles. The lowest BCUT2D eigenvalue weighted by Gasteiger charge is -2.25. The molecule has 2 aromatic rings. The van der Waals surface area contributed by atoms with Gasteiger partial charge in [0, 0.05) is 12.6 Å². The third-order valence-electron chi connectivity index (χ3n) is 3.68. The number of sulfonamides is 1. The van der Waals surface area contributed by atoms with Gasteiger partial charge in [-0.3, -0.25) is 0 Å². The Kier molecular flexibility index (Phi) is 5.51. The first-order chi connectivity index (χ1) is 10.8. The van der Waals surface area contributed by atoms with E-state index >= 15 is 0 Å². The number of nitrogens with zero attached hydrogens (tertiary/aromatic N) is 1. The van der Waals surface area contributed by atoms with Crippen molar-refractivity contribution in [3.05, 3.63) is 65.5 Å². The summed E-state index contributed by atoms with van der Waals surface area (Å²) in [6, 6.07) is 12.6. The van der Waals surface area contributed by atoms with Gasteiger partial charge in [0.1, 0.15) is 5.82 Å². The van der Waals surface area contributed by atoms with E-state index in [0.717, 1.165) is 11.1 Å². The first kappa shape index (κ1) is 17.6. The molecule has 0 saturated heterocycles. The van der Waals surface area contributed by atoms with Crippen molar-refractivity contribution in [2.75, 3.05) is 20.6 Å². The normalized spacial score (nSPS) is 13.3. The first-order valence-corrected chi connectivity index (χ1v) is 8.76. The molecule has 0 amide bonds. The van der Waals surface area contributed by atoms with E-state index in [1.54, 1.807) is 36.4 Å². The van der Waals surface area contributed by atoms with Crippen LogP contribution in [0, 0.1) is 12.7 Å². The van der Waals surface area contributed by atoms with Crippen LogP contribution in [0.1, 0.15) is 17.2 Å². The van der Waals surface area contributed by atoms with Crippen molar-refractivity contribution in [2.24, 2.45) is 0 Å². The van der Waals surface area contributed by atoms with E-state index in [1.165, 1.54) is 12.1 Å². The summed E-state index contributed by atoms with van der Waals surface area (Å²) >= 11 is 0. The molecule has 1 N–H and O–H groups in total. The van der Waals surface area contributed by atoms with Crippen molar-refractivity contribution >= 4 is 10.0 Å². The van der Waals surface area contributed by atoms with Crippen molar-refractivity contribution in [1.29, 1.82) is 0 Å². The maximum Gasteiger partial charge on any atom is 0.240 e. The number of benzene rings is 2. The molecule has 0 saturated carbocycles. The summed E-state index contributed by atoms with van der Waals surface area (Å²) in [6.45, 7) is 2.11. The summed E-state index contributed by atoms with van der Waals surface area (Å²) in [5, 5.41) is 0.